The van der Waals surface area contributed by atoms with E-state index < -0.39 is 5.97 Å². The van der Waals surface area contributed by atoms with Gasteiger partial charge in [0, 0.05) is 10.9 Å². The molecular formula is C29H25NO3. The molecular weight excluding hydrogens is 410 g/mol. The third-order valence-corrected chi connectivity index (χ3v) is 6.12. The monoisotopic (exact) mass is 435 g/mol. The number of allylic oxidation sites excluding steroid dienone is 1. The van der Waals surface area contributed by atoms with Crippen LogP contribution in [0, 0.1) is 5.92 Å². The third kappa shape index (κ3) is 4.24. The second kappa shape index (κ2) is 8.91. The number of hydrogen-bond acceptors (Lipinski definition) is 3. The molecule has 1 N–H and O–H groups in total. The van der Waals surface area contributed by atoms with Gasteiger partial charge in [-0.2, -0.15) is 0 Å². The predicted molar refractivity (Wildman–Crippen MR) is 131 cm³/mol. The number of para-hydroxylation sites is 2. The van der Waals surface area contributed by atoms with Gasteiger partial charge in [-0.25, -0.2) is 9.78 Å². The summed E-state index contributed by atoms with van der Waals surface area (Å²) in [6, 6.07) is 25.5. The molecule has 164 valence electrons. The number of carboxylic acids is 1. The number of carboxylic acid groups (broad SMARTS) is 1. The zero-order valence-electron chi connectivity index (χ0n) is 18.5. The summed E-state index contributed by atoms with van der Waals surface area (Å²) < 4.78 is 6.15. The maximum atomic E-state index is 12.3. The topological polar surface area (TPSA) is 59.4 Å². The van der Waals surface area contributed by atoms with Crippen LogP contribution in [0.2, 0.25) is 0 Å². The molecule has 33 heavy (non-hydrogen) atoms. The van der Waals surface area contributed by atoms with Crippen molar-refractivity contribution in [1.29, 1.82) is 0 Å². The van der Waals surface area contributed by atoms with Gasteiger partial charge in [-0.1, -0.05) is 73.7 Å². The van der Waals surface area contributed by atoms with Gasteiger partial charge in [-0.3, -0.25) is 0 Å². The van der Waals surface area contributed by atoms with Crippen molar-refractivity contribution in [2.24, 2.45) is 5.92 Å². The summed E-state index contributed by atoms with van der Waals surface area (Å²) in [7, 11) is 0. The highest BCUT2D eigenvalue weighted by molar-refractivity contribution is 6.06. The molecule has 1 atom stereocenters. The lowest BCUT2D eigenvalue weighted by Gasteiger charge is -2.26. The molecule has 0 fully saturated rings. The minimum Gasteiger partial charge on any atom is -0.488 e. The molecule has 3 aromatic carbocycles. The summed E-state index contributed by atoms with van der Waals surface area (Å²) in [5.74, 6) is 0.222. The lowest BCUT2D eigenvalue weighted by molar-refractivity contribution is 0.0697. The van der Waals surface area contributed by atoms with Crippen LogP contribution in [0.5, 0.6) is 5.75 Å². The number of benzene rings is 3. The van der Waals surface area contributed by atoms with Gasteiger partial charge >= 0.3 is 5.97 Å². The van der Waals surface area contributed by atoms with Crippen molar-refractivity contribution in [2.45, 2.75) is 26.4 Å². The van der Waals surface area contributed by atoms with Crippen LogP contribution in [0.4, 0.5) is 0 Å². The van der Waals surface area contributed by atoms with Gasteiger partial charge in [-0.05, 0) is 53.7 Å². The van der Waals surface area contributed by atoms with Crippen LogP contribution in [0.15, 0.2) is 78.9 Å². The minimum atomic E-state index is -0.898. The van der Waals surface area contributed by atoms with Crippen LogP contribution < -0.4 is 4.74 Å². The van der Waals surface area contributed by atoms with Crippen molar-refractivity contribution < 1.29 is 14.6 Å². The first-order valence-electron chi connectivity index (χ1n) is 11.2. The molecule has 1 unspecified atom stereocenters. The molecule has 0 saturated carbocycles. The first kappa shape index (κ1) is 21.0. The average Bonchev–Trinajstić information content (AvgIpc) is 2.82. The van der Waals surface area contributed by atoms with E-state index in [1.807, 2.05) is 78.9 Å². The van der Waals surface area contributed by atoms with Gasteiger partial charge in [0.2, 0.25) is 0 Å². The number of hydrogen-bond donors (Lipinski definition) is 1. The number of carbonyl (C=O) groups is 1. The van der Waals surface area contributed by atoms with E-state index in [2.05, 4.69) is 13.0 Å². The number of nitrogens with zero attached hydrogens (tertiary/aromatic N) is 1. The van der Waals surface area contributed by atoms with Crippen LogP contribution in [-0.4, -0.2) is 16.1 Å². The van der Waals surface area contributed by atoms with Crippen molar-refractivity contribution in [3.63, 3.8) is 0 Å². The van der Waals surface area contributed by atoms with Gasteiger partial charge < -0.3 is 9.84 Å². The number of pyridine rings is 1. The second-order valence-corrected chi connectivity index (χ2v) is 8.63. The number of rotatable bonds is 5. The number of ether oxygens (including phenoxy) is 1. The molecule has 0 radical (unpaired) electrons. The summed E-state index contributed by atoms with van der Waals surface area (Å²) in [5, 5.41) is 10.8. The fourth-order valence-corrected chi connectivity index (χ4v) is 4.63. The van der Waals surface area contributed by atoms with Crippen molar-refractivity contribution >= 4 is 28.5 Å². The largest absolute Gasteiger partial charge is 0.488 e. The van der Waals surface area contributed by atoms with Crippen molar-refractivity contribution in [1.82, 2.24) is 4.98 Å². The molecule has 0 spiro atoms. The van der Waals surface area contributed by atoms with E-state index in [9.17, 15) is 9.90 Å². The second-order valence-electron chi connectivity index (χ2n) is 8.63. The molecule has 5 rings (SSSR count). The highest BCUT2D eigenvalue weighted by Gasteiger charge is 2.28. The van der Waals surface area contributed by atoms with Crippen LogP contribution in [0.3, 0.4) is 0 Å². The highest BCUT2D eigenvalue weighted by atomic mass is 16.5. The van der Waals surface area contributed by atoms with Gasteiger partial charge in [0.15, 0.2) is 0 Å². The summed E-state index contributed by atoms with van der Waals surface area (Å²) in [6.07, 6.45) is 3.66. The fourth-order valence-electron chi connectivity index (χ4n) is 4.63. The van der Waals surface area contributed by atoms with E-state index in [1.165, 1.54) is 0 Å². The molecule has 4 aromatic rings. The molecule has 4 nitrogen and oxygen atoms in total. The Labute approximate surface area is 193 Å². The molecule has 0 saturated heterocycles. The third-order valence-electron chi connectivity index (χ3n) is 6.12. The molecule has 0 aliphatic heterocycles. The zero-order chi connectivity index (χ0) is 22.8. The first-order valence-corrected chi connectivity index (χ1v) is 11.2. The van der Waals surface area contributed by atoms with Crippen LogP contribution in [0.25, 0.3) is 22.6 Å². The molecule has 0 amide bonds. The Morgan fingerprint density at radius 1 is 1.00 bits per heavy atom. The van der Waals surface area contributed by atoms with Gasteiger partial charge in [0.05, 0.1) is 16.8 Å². The Hall–Kier alpha value is -3.92. The van der Waals surface area contributed by atoms with Crippen LogP contribution >= 0.6 is 0 Å². The zero-order valence-corrected chi connectivity index (χ0v) is 18.5. The van der Waals surface area contributed by atoms with Crippen molar-refractivity contribution in [2.75, 3.05) is 0 Å². The summed E-state index contributed by atoms with van der Waals surface area (Å²) >= 11 is 0. The summed E-state index contributed by atoms with van der Waals surface area (Å²) in [4.78, 5) is 17.2. The molecule has 0 bridgehead atoms. The smallest absolute Gasteiger partial charge is 0.336 e. The van der Waals surface area contributed by atoms with E-state index in [1.54, 1.807) is 0 Å². The lowest BCUT2D eigenvalue weighted by atomic mass is 9.80. The summed E-state index contributed by atoms with van der Waals surface area (Å²) in [5.41, 5.74) is 5.83. The van der Waals surface area contributed by atoms with E-state index in [0.717, 1.165) is 40.1 Å². The molecule has 1 aromatic heterocycles. The van der Waals surface area contributed by atoms with Crippen molar-refractivity contribution in [3.05, 3.63) is 107 Å². The van der Waals surface area contributed by atoms with E-state index in [4.69, 9.17) is 9.72 Å². The van der Waals surface area contributed by atoms with E-state index in [0.29, 0.717) is 35.4 Å². The first-order chi connectivity index (χ1) is 16.1. The minimum absolute atomic E-state index is 0.321. The Morgan fingerprint density at radius 3 is 2.55 bits per heavy atom. The lowest BCUT2D eigenvalue weighted by Crippen LogP contribution is -2.17. The molecule has 1 aliphatic rings. The Kier molecular flexibility index (Phi) is 5.66. The number of aromatic nitrogens is 1. The standard InChI is InChI=1S/C29H25NO3/c1-19-15-22(17-21-11-5-8-14-26(21)33-18-20-9-3-2-4-10-20)28-24(16-19)27(29(31)32)23-12-6-7-13-25(23)30-28/h2-14,17,19H,15-16,18H2,1H3,(H,31,32). The number of fused-ring (bicyclic) bond motifs is 2. The van der Waals surface area contributed by atoms with Gasteiger partial charge in [-0.15, -0.1) is 0 Å². The normalized spacial score (nSPS) is 16.5. The Bertz CT molecular complexity index is 1360. The maximum Gasteiger partial charge on any atom is 0.336 e. The number of aromatic carboxylic acids is 1. The Balaban J connectivity index is 1.59. The van der Waals surface area contributed by atoms with Gasteiger partial charge in [0.1, 0.15) is 12.4 Å². The van der Waals surface area contributed by atoms with E-state index in [-0.39, 0.29) is 0 Å². The van der Waals surface area contributed by atoms with Gasteiger partial charge in [0.25, 0.3) is 0 Å². The average molecular weight is 436 g/mol. The molecule has 4 heteroatoms. The quantitative estimate of drug-likeness (QED) is 0.382. The highest BCUT2D eigenvalue weighted by Crippen LogP contribution is 2.39. The van der Waals surface area contributed by atoms with Crippen LogP contribution in [-0.2, 0) is 13.0 Å². The SMILES string of the molecule is CC1CC(=Cc2ccccc2OCc2ccccc2)c2nc3ccccc3c(C(=O)O)c2C1. The van der Waals surface area contributed by atoms with E-state index >= 15 is 0 Å². The van der Waals surface area contributed by atoms with Crippen LogP contribution in [0.1, 0.15) is 46.1 Å². The molecule has 1 heterocycles. The maximum absolute atomic E-state index is 12.3. The Morgan fingerprint density at radius 2 is 1.73 bits per heavy atom. The fraction of sp³-hybridized carbons (Fsp3) is 0.172. The summed E-state index contributed by atoms with van der Waals surface area (Å²) in [6.45, 7) is 2.65. The molecule has 1 aliphatic carbocycles. The predicted octanol–water partition coefficient (Wildman–Crippen LogP) is 6.63. The van der Waals surface area contributed by atoms with Crippen molar-refractivity contribution in [3.8, 4) is 5.75 Å².